The van der Waals surface area contributed by atoms with Gasteiger partial charge in [0, 0.05) is 38.4 Å². The lowest BCUT2D eigenvalue weighted by Gasteiger charge is -2.48. The first kappa shape index (κ1) is 14.7. The second kappa shape index (κ2) is 5.89. The number of piperidine rings is 1. The number of pyridine rings is 1. The molecule has 1 aromatic heterocycles. The average Bonchev–Trinajstić information content (AvgIpc) is 2.52. The van der Waals surface area contributed by atoms with Crippen LogP contribution in [0.3, 0.4) is 0 Å². The molecule has 2 fully saturated rings. The molecule has 0 amide bonds. The maximum atomic E-state index is 13.9. The summed E-state index contributed by atoms with van der Waals surface area (Å²) in [5, 5.41) is 11.1. The van der Waals surface area contributed by atoms with Crippen molar-refractivity contribution in [2.45, 2.75) is 31.8 Å². The Morgan fingerprint density at radius 3 is 2.86 bits per heavy atom. The standard InChI is InChI=1S/C16H23FN2O2/c1-12-11-19(15-14(17)3-2-7-18-15)8-6-16(12,20)13-4-9-21-10-5-13/h2-3,7,12-13,20H,4-6,8-11H2,1H3/t12-,16+/m1/s1. The minimum atomic E-state index is -0.661. The van der Waals surface area contributed by atoms with E-state index in [4.69, 9.17) is 4.74 Å². The second-order valence-electron chi connectivity index (χ2n) is 6.28. The van der Waals surface area contributed by atoms with Crippen LogP contribution in [-0.4, -0.2) is 42.0 Å². The summed E-state index contributed by atoms with van der Waals surface area (Å²) < 4.78 is 19.3. The first-order valence-corrected chi connectivity index (χ1v) is 7.77. The minimum absolute atomic E-state index is 0.0933. The molecular formula is C16H23FN2O2. The first-order chi connectivity index (χ1) is 10.1. The highest BCUT2D eigenvalue weighted by molar-refractivity contribution is 5.40. The number of aliphatic hydroxyl groups is 1. The highest BCUT2D eigenvalue weighted by atomic mass is 19.1. The van der Waals surface area contributed by atoms with Crippen LogP contribution in [0.25, 0.3) is 0 Å². The molecule has 21 heavy (non-hydrogen) atoms. The molecule has 2 atom stereocenters. The van der Waals surface area contributed by atoms with Crippen molar-refractivity contribution in [3.8, 4) is 0 Å². The van der Waals surface area contributed by atoms with E-state index >= 15 is 0 Å². The zero-order valence-electron chi connectivity index (χ0n) is 12.5. The fourth-order valence-corrected chi connectivity index (χ4v) is 3.75. The molecule has 3 rings (SSSR count). The van der Waals surface area contributed by atoms with E-state index in [2.05, 4.69) is 11.9 Å². The van der Waals surface area contributed by atoms with Gasteiger partial charge in [-0.05, 0) is 37.3 Å². The number of nitrogens with zero attached hydrogens (tertiary/aromatic N) is 2. The fraction of sp³-hybridized carbons (Fsp3) is 0.688. The van der Waals surface area contributed by atoms with Crippen LogP contribution < -0.4 is 4.90 Å². The SMILES string of the molecule is C[C@@H]1CN(c2ncccc2F)CC[C@@]1(O)C1CCOCC1. The summed E-state index contributed by atoms with van der Waals surface area (Å²) in [4.78, 5) is 6.10. The van der Waals surface area contributed by atoms with Crippen LogP contribution in [0.4, 0.5) is 10.2 Å². The Balaban J connectivity index is 1.73. The van der Waals surface area contributed by atoms with Gasteiger partial charge in [0.1, 0.15) is 0 Å². The van der Waals surface area contributed by atoms with Gasteiger partial charge >= 0.3 is 0 Å². The smallest absolute Gasteiger partial charge is 0.165 e. The fourth-order valence-electron chi connectivity index (χ4n) is 3.75. The molecule has 2 aliphatic heterocycles. The monoisotopic (exact) mass is 294 g/mol. The van der Waals surface area contributed by atoms with Gasteiger partial charge in [-0.2, -0.15) is 0 Å². The lowest BCUT2D eigenvalue weighted by atomic mass is 9.70. The van der Waals surface area contributed by atoms with Gasteiger partial charge in [-0.15, -0.1) is 0 Å². The molecule has 2 aliphatic rings. The third-order valence-corrected chi connectivity index (χ3v) is 5.10. The number of ether oxygens (including phenoxy) is 1. The van der Waals surface area contributed by atoms with Crippen molar-refractivity contribution in [1.82, 2.24) is 4.98 Å². The highest BCUT2D eigenvalue weighted by Gasteiger charge is 2.45. The van der Waals surface area contributed by atoms with Gasteiger partial charge in [0.15, 0.2) is 11.6 Å². The molecule has 0 bridgehead atoms. The number of rotatable bonds is 2. The van der Waals surface area contributed by atoms with E-state index < -0.39 is 5.60 Å². The van der Waals surface area contributed by atoms with Crippen molar-refractivity contribution in [1.29, 1.82) is 0 Å². The predicted molar refractivity (Wildman–Crippen MR) is 78.7 cm³/mol. The summed E-state index contributed by atoms with van der Waals surface area (Å²) in [5.74, 6) is 0.493. The number of aromatic nitrogens is 1. The largest absolute Gasteiger partial charge is 0.389 e. The molecular weight excluding hydrogens is 271 g/mol. The Bertz CT molecular complexity index is 493. The second-order valence-corrected chi connectivity index (χ2v) is 6.28. The van der Waals surface area contributed by atoms with Crippen molar-refractivity contribution in [3.05, 3.63) is 24.1 Å². The van der Waals surface area contributed by atoms with E-state index in [-0.39, 0.29) is 17.7 Å². The van der Waals surface area contributed by atoms with Crippen LogP contribution in [0.2, 0.25) is 0 Å². The topological polar surface area (TPSA) is 45.6 Å². The zero-order valence-corrected chi connectivity index (χ0v) is 12.5. The zero-order chi connectivity index (χ0) is 14.9. The van der Waals surface area contributed by atoms with Crippen LogP contribution in [-0.2, 0) is 4.74 Å². The Morgan fingerprint density at radius 2 is 2.19 bits per heavy atom. The van der Waals surface area contributed by atoms with Crippen molar-refractivity contribution < 1.29 is 14.2 Å². The lowest BCUT2D eigenvalue weighted by molar-refractivity contribution is -0.108. The third-order valence-electron chi connectivity index (χ3n) is 5.10. The van der Waals surface area contributed by atoms with E-state index in [1.807, 2.05) is 4.90 Å². The van der Waals surface area contributed by atoms with E-state index in [0.29, 0.717) is 25.3 Å². The van der Waals surface area contributed by atoms with Gasteiger partial charge in [-0.3, -0.25) is 0 Å². The molecule has 0 saturated carbocycles. The normalized spacial score (nSPS) is 31.4. The molecule has 4 nitrogen and oxygen atoms in total. The summed E-state index contributed by atoms with van der Waals surface area (Å²) in [6, 6.07) is 3.04. The highest BCUT2D eigenvalue weighted by Crippen LogP contribution is 2.40. The summed E-state index contributed by atoms with van der Waals surface area (Å²) in [6.45, 7) is 4.81. The summed E-state index contributed by atoms with van der Waals surface area (Å²) in [6.07, 6.45) is 4.11. The van der Waals surface area contributed by atoms with E-state index in [0.717, 1.165) is 26.1 Å². The van der Waals surface area contributed by atoms with Gasteiger partial charge in [-0.1, -0.05) is 6.92 Å². The van der Waals surface area contributed by atoms with E-state index in [1.165, 1.54) is 6.07 Å². The predicted octanol–water partition coefficient (Wildman–Crippen LogP) is 2.22. The quantitative estimate of drug-likeness (QED) is 0.908. The van der Waals surface area contributed by atoms with Crippen molar-refractivity contribution in [2.75, 3.05) is 31.2 Å². The van der Waals surface area contributed by atoms with Crippen LogP contribution >= 0.6 is 0 Å². The third kappa shape index (κ3) is 2.77. The molecule has 0 aromatic carbocycles. The minimum Gasteiger partial charge on any atom is -0.389 e. The maximum absolute atomic E-state index is 13.9. The molecule has 0 unspecified atom stereocenters. The maximum Gasteiger partial charge on any atom is 0.165 e. The Kier molecular flexibility index (Phi) is 4.13. The molecule has 0 radical (unpaired) electrons. The molecule has 3 heterocycles. The molecule has 116 valence electrons. The number of hydrogen-bond acceptors (Lipinski definition) is 4. The number of halogens is 1. The van der Waals surface area contributed by atoms with Crippen LogP contribution in [0, 0.1) is 17.7 Å². The molecule has 2 saturated heterocycles. The Labute approximate surface area is 124 Å². The number of anilines is 1. The molecule has 1 aromatic rings. The van der Waals surface area contributed by atoms with Gasteiger partial charge in [0.25, 0.3) is 0 Å². The van der Waals surface area contributed by atoms with Crippen LogP contribution in [0.1, 0.15) is 26.2 Å². The van der Waals surface area contributed by atoms with Crippen molar-refractivity contribution >= 4 is 5.82 Å². The van der Waals surface area contributed by atoms with E-state index in [1.54, 1.807) is 12.3 Å². The molecule has 1 N–H and O–H groups in total. The van der Waals surface area contributed by atoms with Crippen molar-refractivity contribution in [3.63, 3.8) is 0 Å². The van der Waals surface area contributed by atoms with Gasteiger partial charge in [0.05, 0.1) is 5.60 Å². The molecule has 5 heteroatoms. The Hall–Kier alpha value is -1.20. The van der Waals surface area contributed by atoms with Gasteiger partial charge in [-0.25, -0.2) is 9.37 Å². The summed E-state index contributed by atoms with van der Waals surface area (Å²) >= 11 is 0. The van der Waals surface area contributed by atoms with Crippen LogP contribution in [0.15, 0.2) is 18.3 Å². The Morgan fingerprint density at radius 1 is 1.43 bits per heavy atom. The van der Waals surface area contributed by atoms with Gasteiger partial charge in [0.2, 0.25) is 0 Å². The summed E-state index contributed by atoms with van der Waals surface area (Å²) in [7, 11) is 0. The number of hydrogen-bond donors (Lipinski definition) is 1. The van der Waals surface area contributed by atoms with E-state index in [9.17, 15) is 9.50 Å². The molecule has 0 spiro atoms. The van der Waals surface area contributed by atoms with Crippen LogP contribution in [0.5, 0.6) is 0 Å². The molecule has 0 aliphatic carbocycles. The van der Waals surface area contributed by atoms with Gasteiger partial charge < -0.3 is 14.7 Å². The average molecular weight is 294 g/mol. The summed E-state index contributed by atoms with van der Waals surface area (Å²) in [5.41, 5.74) is -0.661. The lowest BCUT2D eigenvalue weighted by Crippen LogP contribution is -2.56. The first-order valence-electron chi connectivity index (χ1n) is 7.77. The van der Waals surface area contributed by atoms with Crippen molar-refractivity contribution in [2.24, 2.45) is 11.8 Å².